The Kier molecular flexibility index (Phi) is 4.96. The number of nitrogen functional groups attached to an aromatic ring is 1. The maximum absolute atomic E-state index is 12.2. The van der Waals surface area contributed by atoms with Gasteiger partial charge in [0.25, 0.3) is 5.91 Å². The first-order chi connectivity index (χ1) is 8.08. The van der Waals surface area contributed by atoms with Gasteiger partial charge in [-0.15, -0.1) is 12.4 Å². The van der Waals surface area contributed by atoms with Crippen LogP contribution >= 0.6 is 12.4 Å². The minimum Gasteiger partial charge on any atom is -0.397 e. The quantitative estimate of drug-likeness (QED) is 0.850. The van der Waals surface area contributed by atoms with Gasteiger partial charge < -0.3 is 10.6 Å². The molecule has 1 aromatic rings. The van der Waals surface area contributed by atoms with Crippen LogP contribution in [0.1, 0.15) is 30.8 Å². The van der Waals surface area contributed by atoms with Gasteiger partial charge in [0.2, 0.25) is 0 Å². The number of hydrogen-bond donors (Lipinski definition) is 1. The number of carbonyl (C=O) groups is 1. The third-order valence-corrected chi connectivity index (χ3v) is 3.63. The lowest BCUT2D eigenvalue weighted by molar-refractivity contribution is 0.0621. The topological polar surface area (TPSA) is 59.2 Å². The molecule has 1 amide bonds. The summed E-state index contributed by atoms with van der Waals surface area (Å²) in [5.74, 6) is 1.27. The molecule has 0 spiro atoms. The molecule has 1 fully saturated rings. The molecule has 0 saturated carbocycles. The Morgan fingerprint density at radius 1 is 1.39 bits per heavy atom. The fraction of sp³-hybridized carbons (Fsp3) is 0.538. The summed E-state index contributed by atoms with van der Waals surface area (Å²) in [7, 11) is 0. The zero-order chi connectivity index (χ0) is 12.4. The third-order valence-electron chi connectivity index (χ3n) is 3.63. The van der Waals surface area contributed by atoms with E-state index in [1.165, 1.54) is 6.20 Å². The minimum atomic E-state index is 0. The van der Waals surface area contributed by atoms with Crippen molar-refractivity contribution < 1.29 is 4.79 Å². The van der Waals surface area contributed by atoms with Crippen molar-refractivity contribution in [3.05, 3.63) is 24.0 Å². The first-order valence-corrected chi connectivity index (χ1v) is 6.08. The van der Waals surface area contributed by atoms with E-state index in [0.29, 0.717) is 23.2 Å². The van der Waals surface area contributed by atoms with Crippen molar-refractivity contribution in [1.82, 2.24) is 9.88 Å². The lowest BCUT2D eigenvalue weighted by Crippen LogP contribution is -2.42. The van der Waals surface area contributed by atoms with Crippen LogP contribution < -0.4 is 5.73 Å². The summed E-state index contributed by atoms with van der Waals surface area (Å²) in [5, 5.41) is 0. The number of carbonyl (C=O) groups excluding carboxylic acids is 1. The van der Waals surface area contributed by atoms with E-state index >= 15 is 0 Å². The number of piperidine rings is 1. The van der Waals surface area contributed by atoms with E-state index in [2.05, 4.69) is 18.8 Å². The Bertz CT molecular complexity index is 407. The molecule has 5 heteroatoms. The summed E-state index contributed by atoms with van der Waals surface area (Å²) in [5.41, 5.74) is 6.63. The van der Waals surface area contributed by atoms with Gasteiger partial charge in [-0.05, 0) is 30.4 Å². The molecule has 2 rings (SSSR count). The molecule has 1 aliphatic heterocycles. The molecule has 1 aliphatic rings. The van der Waals surface area contributed by atoms with Crippen LogP contribution in [0.5, 0.6) is 0 Å². The van der Waals surface area contributed by atoms with Crippen LogP contribution in [0.2, 0.25) is 0 Å². The Morgan fingerprint density at radius 2 is 2.11 bits per heavy atom. The van der Waals surface area contributed by atoms with Crippen LogP contribution in [0.25, 0.3) is 0 Å². The van der Waals surface area contributed by atoms with Gasteiger partial charge in [-0.1, -0.05) is 13.8 Å². The van der Waals surface area contributed by atoms with Gasteiger partial charge in [0, 0.05) is 13.1 Å². The number of nitrogens with two attached hydrogens (primary N) is 1. The normalized spacial score (nSPS) is 23.3. The fourth-order valence-corrected chi connectivity index (χ4v) is 2.14. The molecule has 0 aliphatic carbocycles. The highest BCUT2D eigenvalue weighted by Gasteiger charge is 2.26. The van der Waals surface area contributed by atoms with Gasteiger partial charge in [-0.25, -0.2) is 4.98 Å². The number of halogens is 1. The predicted molar refractivity (Wildman–Crippen MR) is 74.7 cm³/mol. The highest BCUT2D eigenvalue weighted by Crippen LogP contribution is 2.23. The van der Waals surface area contributed by atoms with Crippen molar-refractivity contribution in [3.63, 3.8) is 0 Å². The predicted octanol–water partition coefficient (Wildman–Crippen LogP) is 2.20. The lowest BCUT2D eigenvalue weighted by Gasteiger charge is -2.35. The van der Waals surface area contributed by atoms with E-state index in [4.69, 9.17) is 5.73 Å². The van der Waals surface area contributed by atoms with Crippen molar-refractivity contribution in [1.29, 1.82) is 0 Å². The maximum atomic E-state index is 12.2. The molecule has 1 aromatic heterocycles. The number of amides is 1. The largest absolute Gasteiger partial charge is 0.397 e. The Labute approximate surface area is 114 Å². The molecular weight excluding hydrogens is 250 g/mol. The highest BCUT2D eigenvalue weighted by molar-refractivity contribution is 5.92. The molecule has 0 radical (unpaired) electrons. The van der Waals surface area contributed by atoms with Crippen LogP contribution in [0.4, 0.5) is 5.69 Å². The average Bonchev–Trinajstić information content (AvgIpc) is 2.33. The second-order valence-electron chi connectivity index (χ2n) is 4.97. The SMILES string of the molecule is CC1CCN(C(=O)c2ccc(N)cn2)CC1C.Cl. The molecule has 2 unspecified atom stereocenters. The number of aromatic nitrogens is 1. The van der Waals surface area contributed by atoms with Crippen LogP contribution in [0.15, 0.2) is 18.3 Å². The van der Waals surface area contributed by atoms with Crippen molar-refractivity contribution in [2.45, 2.75) is 20.3 Å². The van der Waals surface area contributed by atoms with Crippen molar-refractivity contribution in [3.8, 4) is 0 Å². The van der Waals surface area contributed by atoms with Crippen LogP contribution in [-0.2, 0) is 0 Å². The van der Waals surface area contributed by atoms with Gasteiger partial charge in [-0.3, -0.25) is 4.79 Å². The van der Waals surface area contributed by atoms with Crippen molar-refractivity contribution in [2.24, 2.45) is 11.8 Å². The summed E-state index contributed by atoms with van der Waals surface area (Å²) in [6.07, 6.45) is 2.60. The van der Waals surface area contributed by atoms with E-state index in [0.717, 1.165) is 19.5 Å². The molecule has 0 aromatic carbocycles. The van der Waals surface area contributed by atoms with E-state index in [1.807, 2.05) is 4.90 Å². The van der Waals surface area contributed by atoms with Gasteiger partial charge in [0.05, 0.1) is 11.9 Å². The molecule has 1 saturated heterocycles. The van der Waals surface area contributed by atoms with E-state index in [9.17, 15) is 4.79 Å². The maximum Gasteiger partial charge on any atom is 0.272 e. The number of likely N-dealkylation sites (tertiary alicyclic amines) is 1. The lowest BCUT2D eigenvalue weighted by atomic mass is 9.88. The number of nitrogens with zero attached hydrogens (tertiary/aromatic N) is 2. The van der Waals surface area contributed by atoms with E-state index in [-0.39, 0.29) is 18.3 Å². The smallest absolute Gasteiger partial charge is 0.272 e. The number of hydrogen-bond acceptors (Lipinski definition) is 3. The molecule has 2 N–H and O–H groups in total. The van der Waals surface area contributed by atoms with Gasteiger partial charge in [0.1, 0.15) is 5.69 Å². The number of pyridine rings is 1. The van der Waals surface area contributed by atoms with Gasteiger partial charge >= 0.3 is 0 Å². The molecule has 4 nitrogen and oxygen atoms in total. The molecule has 0 bridgehead atoms. The molecule has 2 heterocycles. The minimum absolute atomic E-state index is 0. The standard InChI is InChI=1S/C13H19N3O.ClH/c1-9-5-6-16(8-10(9)2)13(17)12-4-3-11(14)7-15-12;/h3-4,7,9-10H,5-6,8,14H2,1-2H3;1H. The zero-order valence-electron chi connectivity index (χ0n) is 10.8. The third kappa shape index (κ3) is 3.13. The van der Waals surface area contributed by atoms with E-state index < -0.39 is 0 Å². The first kappa shape index (κ1) is 14.8. The van der Waals surface area contributed by atoms with E-state index in [1.54, 1.807) is 12.1 Å². The monoisotopic (exact) mass is 269 g/mol. The summed E-state index contributed by atoms with van der Waals surface area (Å²) in [4.78, 5) is 18.2. The Balaban J connectivity index is 0.00000162. The average molecular weight is 270 g/mol. The Morgan fingerprint density at radius 3 is 2.67 bits per heavy atom. The molecule has 2 atom stereocenters. The van der Waals surface area contributed by atoms with Gasteiger partial charge in [0.15, 0.2) is 0 Å². The molecule has 18 heavy (non-hydrogen) atoms. The van der Waals surface area contributed by atoms with Crippen LogP contribution in [0, 0.1) is 11.8 Å². The van der Waals surface area contributed by atoms with Crippen LogP contribution in [0.3, 0.4) is 0 Å². The van der Waals surface area contributed by atoms with Crippen LogP contribution in [-0.4, -0.2) is 28.9 Å². The summed E-state index contributed by atoms with van der Waals surface area (Å²) >= 11 is 0. The molecule has 100 valence electrons. The summed E-state index contributed by atoms with van der Waals surface area (Å²) in [6, 6.07) is 3.41. The van der Waals surface area contributed by atoms with Gasteiger partial charge in [-0.2, -0.15) is 0 Å². The molecular formula is C13H20ClN3O. The number of rotatable bonds is 1. The summed E-state index contributed by atoms with van der Waals surface area (Å²) < 4.78 is 0. The van der Waals surface area contributed by atoms with Crippen molar-refractivity contribution >= 4 is 24.0 Å². The highest BCUT2D eigenvalue weighted by atomic mass is 35.5. The second kappa shape index (κ2) is 6.05. The first-order valence-electron chi connectivity index (χ1n) is 6.08. The second-order valence-corrected chi connectivity index (χ2v) is 4.97. The fourth-order valence-electron chi connectivity index (χ4n) is 2.14. The number of anilines is 1. The van der Waals surface area contributed by atoms with Crippen molar-refractivity contribution in [2.75, 3.05) is 18.8 Å². The summed E-state index contributed by atoms with van der Waals surface area (Å²) in [6.45, 7) is 6.09. The zero-order valence-corrected chi connectivity index (χ0v) is 11.6. The Hall–Kier alpha value is -1.29.